The molecule has 0 amide bonds. The number of nitrogens with zero attached hydrogens (tertiary/aromatic N) is 1. The number of likely N-dealkylation sites (N-methyl/N-ethyl adjacent to an activating group) is 1. The third-order valence-corrected chi connectivity index (χ3v) is 4.97. The Bertz CT molecular complexity index is 762. The Labute approximate surface area is 157 Å². The van der Waals surface area contributed by atoms with Crippen LogP contribution in [0.3, 0.4) is 0 Å². The normalized spacial score (nSPS) is 11.9. The highest BCUT2D eigenvalue weighted by atomic mass is 32.1. The summed E-state index contributed by atoms with van der Waals surface area (Å²) in [5.74, 6) is 0.676. The second kappa shape index (κ2) is 8.78. The van der Waals surface area contributed by atoms with Crippen LogP contribution in [0, 0.1) is 9.37 Å². The molecule has 1 N–H and O–H groups in total. The number of benzene rings is 1. The molecule has 0 aliphatic carbocycles. The molecule has 7 heteroatoms. The van der Waals surface area contributed by atoms with Crippen molar-refractivity contribution < 1.29 is 14.3 Å². The molecular formula is C18H26N2O3S2. The molecule has 0 unspecified atom stereocenters. The van der Waals surface area contributed by atoms with Crippen LogP contribution < -0.4 is 4.74 Å². The molecule has 0 saturated heterocycles. The first kappa shape index (κ1) is 19.9. The number of nitrogens with one attached hydrogen (secondary N) is 1. The van der Waals surface area contributed by atoms with Gasteiger partial charge in [-0.15, -0.1) is 11.3 Å². The van der Waals surface area contributed by atoms with E-state index in [1.807, 2.05) is 39.0 Å². The van der Waals surface area contributed by atoms with Crippen LogP contribution in [0.4, 0.5) is 0 Å². The Kier molecular flexibility index (Phi) is 6.98. The van der Waals surface area contributed by atoms with Gasteiger partial charge in [0, 0.05) is 13.1 Å². The largest absolute Gasteiger partial charge is 0.492 e. The Balaban J connectivity index is 1.76. The highest BCUT2D eigenvalue weighted by Crippen LogP contribution is 2.24. The first-order chi connectivity index (χ1) is 11.8. The number of aromatic nitrogens is 1. The molecular weight excluding hydrogens is 356 g/mol. The van der Waals surface area contributed by atoms with Crippen LogP contribution in [0.25, 0.3) is 10.2 Å². The number of aromatic amines is 1. The van der Waals surface area contributed by atoms with Crippen LogP contribution in [0.2, 0.25) is 0 Å². The lowest BCUT2D eigenvalue weighted by atomic mass is 9.97. The Hall–Kier alpha value is -1.44. The molecule has 2 rings (SSSR count). The lowest BCUT2D eigenvalue weighted by Crippen LogP contribution is -2.33. The van der Waals surface area contributed by atoms with Crippen molar-refractivity contribution in [3.05, 3.63) is 22.2 Å². The molecule has 0 radical (unpaired) electrons. The number of carbonyl (C=O) groups excluding carboxylic acids is 1. The highest BCUT2D eigenvalue weighted by molar-refractivity contribution is 7.73. The SMILES string of the molecule is CCN(CCOC(=O)C(C)(C)C)CCOc1ccc2[nH]c(=S)sc2c1. The molecule has 1 heterocycles. The quantitative estimate of drug-likeness (QED) is 0.546. The van der Waals surface area contributed by atoms with Gasteiger partial charge < -0.3 is 14.5 Å². The number of carbonyl (C=O) groups is 1. The molecule has 138 valence electrons. The average Bonchev–Trinajstić information content (AvgIpc) is 2.91. The van der Waals surface area contributed by atoms with E-state index in [0.717, 1.165) is 33.0 Å². The van der Waals surface area contributed by atoms with Gasteiger partial charge in [0.2, 0.25) is 0 Å². The number of H-pyrrole nitrogens is 1. The van der Waals surface area contributed by atoms with Crippen molar-refractivity contribution in [1.82, 2.24) is 9.88 Å². The zero-order valence-electron chi connectivity index (χ0n) is 15.3. The van der Waals surface area contributed by atoms with Gasteiger partial charge in [0.05, 0.1) is 15.6 Å². The Morgan fingerprint density at radius 1 is 1.28 bits per heavy atom. The van der Waals surface area contributed by atoms with Crippen LogP contribution in [0.5, 0.6) is 5.75 Å². The van der Waals surface area contributed by atoms with Gasteiger partial charge >= 0.3 is 5.97 Å². The van der Waals surface area contributed by atoms with Crippen molar-refractivity contribution in [2.24, 2.45) is 5.41 Å². The second-order valence-corrected chi connectivity index (χ2v) is 8.56. The van der Waals surface area contributed by atoms with Crippen molar-refractivity contribution in [1.29, 1.82) is 0 Å². The molecule has 0 aliphatic rings. The fourth-order valence-electron chi connectivity index (χ4n) is 2.22. The van der Waals surface area contributed by atoms with Crippen molar-refractivity contribution in [2.45, 2.75) is 27.7 Å². The fraction of sp³-hybridized carbons (Fsp3) is 0.556. The van der Waals surface area contributed by atoms with E-state index >= 15 is 0 Å². The number of esters is 1. The molecule has 25 heavy (non-hydrogen) atoms. The topological polar surface area (TPSA) is 54.6 Å². The molecule has 0 spiro atoms. The van der Waals surface area contributed by atoms with Gasteiger partial charge in [0.25, 0.3) is 0 Å². The molecule has 1 aromatic carbocycles. The summed E-state index contributed by atoms with van der Waals surface area (Å²) in [4.78, 5) is 17.1. The maximum atomic E-state index is 11.8. The fourth-order valence-corrected chi connectivity index (χ4v) is 3.36. The summed E-state index contributed by atoms with van der Waals surface area (Å²) in [6.07, 6.45) is 0. The van der Waals surface area contributed by atoms with Crippen LogP contribution in [0.1, 0.15) is 27.7 Å². The minimum Gasteiger partial charge on any atom is -0.492 e. The summed E-state index contributed by atoms with van der Waals surface area (Å²) in [7, 11) is 0. The summed E-state index contributed by atoms with van der Waals surface area (Å²) < 4.78 is 13.0. The summed E-state index contributed by atoms with van der Waals surface area (Å²) in [5, 5.41) is 0. The highest BCUT2D eigenvalue weighted by Gasteiger charge is 2.22. The zero-order valence-corrected chi connectivity index (χ0v) is 16.9. The first-order valence-electron chi connectivity index (χ1n) is 8.45. The third kappa shape index (κ3) is 6.09. The summed E-state index contributed by atoms with van der Waals surface area (Å²) in [6, 6.07) is 5.94. The van der Waals surface area contributed by atoms with E-state index in [-0.39, 0.29) is 5.97 Å². The van der Waals surface area contributed by atoms with Crippen molar-refractivity contribution in [3.63, 3.8) is 0 Å². The number of thiazole rings is 1. The molecule has 2 aromatic rings. The smallest absolute Gasteiger partial charge is 0.311 e. The van der Waals surface area contributed by atoms with E-state index in [1.54, 1.807) is 11.3 Å². The summed E-state index contributed by atoms with van der Waals surface area (Å²) in [6.45, 7) is 11.0. The first-order valence-corrected chi connectivity index (χ1v) is 9.67. The third-order valence-electron chi connectivity index (χ3n) is 3.77. The van der Waals surface area contributed by atoms with Gasteiger partial charge in [0.1, 0.15) is 19.0 Å². The predicted molar refractivity (Wildman–Crippen MR) is 105 cm³/mol. The van der Waals surface area contributed by atoms with Crippen molar-refractivity contribution in [3.8, 4) is 5.75 Å². The molecule has 0 fully saturated rings. The predicted octanol–water partition coefficient (Wildman–Crippen LogP) is 4.25. The standard InChI is InChI=1S/C18H26N2O3S2/c1-5-20(9-11-23-16(21)18(2,3)4)8-10-22-13-6-7-14-15(12-13)25-17(24)19-14/h6-7,12H,5,8-11H2,1-4H3,(H,19,24). The molecule has 0 saturated carbocycles. The maximum Gasteiger partial charge on any atom is 0.311 e. The van der Waals surface area contributed by atoms with Gasteiger partial charge in [0.15, 0.2) is 3.95 Å². The number of hydrogen-bond donors (Lipinski definition) is 1. The molecule has 0 atom stereocenters. The Morgan fingerprint density at radius 2 is 2.00 bits per heavy atom. The maximum absolute atomic E-state index is 11.8. The van der Waals surface area contributed by atoms with Crippen molar-refractivity contribution >= 4 is 39.7 Å². The molecule has 1 aromatic heterocycles. The lowest BCUT2D eigenvalue weighted by Gasteiger charge is -2.22. The van der Waals surface area contributed by atoms with Gasteiger partial charge in [-0.3, -0.25) is 9.69 Å². The second-order valence-electron chi connectivity index (χ2n) is 6.84. The van der Waals surface area contributed by atoms with E-state index in [4.69, 9.17) is 21.7 Å². The van der Waals surface area contributed by atoms with Crippen LogP contribution >= 0.6 is 23.6 Å². The number of hydrogen-bond acceptors (Lipinski definition) is 6. The van der Waals surface area contributed by atoms with E-state index in [2.05, 4.69) is 16.8 Å². The minimum absolute atomic E-state index is 0.165. The van der Waals surface area contributed by atoms with Crippen LogP contribution in [-0.2, 0) is 9.53 Å². The van der Waals surface area contributed by atoms with Crippen molar-refractivity contribution in [2.75, 3.05) is 32.8 Å². The lowest BCUT2D eigenvalue weighted by molar-refractivity contribution is -0.153. The Morgan fingerprint density at radius 3 is 2.68 bits per heavy atom. The number of fused-ring (bicyclic) bond motifs is 1. The van der Waals surface area contributed by atoms with Crippen LogP contribution in [0.15, 0.2) is 18.2 Å². The van der Waals surface area contributed by atoms with Gasteiger partial charge in [-0.2, -0.15) is 0 Å². The average molecular weight is 383 g/mol. The van der Waals surface area contributed by atoms with Gasteiger partial charge in [-0.25, -0.2) is 0 Å². The monoisotopic (exact) mass is 382 g/mol. The van der Waals surface area contributed by atoms with Crippen LogP contribution in [-0.4, -0.2) is 48.7 Å². The van der Waals surface area contributed by atoms with Gasteiger partial charge in [-0.1, -0.05) is 6.92 Å². The zero-order chi connectivity index (χ0) is 18.4. The van der Waals surface area contributed by atoms with E-state index < -0.39 is 5.41 Å². The summed E-state index contributed by atoms with van der Waals surface area (Å²) >= 11 is 6.70. The summed E-state index contributed by atoms with van der Waals surface area (Å²) in [5.41, 5.74) is 0.585. The minimum atomic E-state index is -0.455. The van der Waals surface area contributed by atoms with E-state index in [9.17, 15) is 4.79 Å². The molecule has 0 bridgehead atoms. The number of rotatable bonds is 8. The molecule has 0 aliphatic heterocycles. The molecule has 5 nitrogen and oxygen atoms in total. The number of ether oxygens (including phenoxy) is 2. The van der Waals surface area contributed by atoms with E-state index in [1.165, 1.54) is 0 Å². The van der Waals surface area contributed by atoms with Gasteiger partial charge in [-0.05, 0) is 57.7 Å². The van der Waals surface area contributed by atoms with E-state index in [0.29, 0.717) is 19.8 Å².